The summed E-state index contributed by atoms with van der Waals surface area (Å²) in [6, 6.07) is 11.7. The Balaban J connectivity index is 2.17. The second kappa shape index (κ2) is 7.97. The zero-order chi connectivity index (χ0) is 17.7. The van der Waals surface area contributed by atoms with E-state index in [9.17, 15) is 9.59 Å². The Kier molecular flexibility index (Phi) is 5.98. The molecule has 0 saturated heterocycles. The maximum Gasteiger partial charge on any atom is 0.342 e. The van der Waals surface area contributed by atoms with E-state index in [2.05, 4.69) is 15.9 Å². The molecule has 0 aliphatic carbocycles. The SMILES string of the molecule is COc1cccc(C(=O)O[C@@H](C)C(=O)c2ccc(Br)cc2)c1OC. The van der Waals surface area contributed by atoms with Gasteiger partial charge in [-0.1, -0.05) is 34.1 Å². The van der Waals surface area contributed by atoms with Gasteiger partial charge < -0.3 is 14.2 Å². The molecule has 24 heavy (non-hydrogen) atoms. The fourth-order valence-corrected chi connectivity index (χ4v) is 2.44. The van der Waals surface area contributed by atoms with Crippen LogP contribution in [0.5, 0.6) is 11.5 Å². The van der Waals surface area contributed by atoms with E-state index in [0.29, 0.717) is 11.3 Å². The van der Waals surface area contributed by atoms with Crippen LogP contribution in [0.1, 0.15) is 27.6 Å². The molecule has 0 radical (unpaired) electrons. The molecule has 0 N–H and O–H groups in total. The lowest BCUT2D eigenvalue weighted by Gasteiger charge is -2.15. The summed E-state index contributed by atoms with van der Waals surface area (Å²) >= 11 is 3.31. The van der Waals surface area contributed by atoms with E-state index in [4.69, 9.17) is 14.2 Å². The quantitative estimate of drug-likeness (QED) is 0.551. The maximum absolute atomic E-state index is 12.4. The van der Waals surface area contributed by atoms with Crippen molar-refractivity contribution in [1.29, 1.82) is 0 Å². The van der Waals surface area contributed by atoms with E-state index >= 15 is 0 Å². The molecule has 0 saturated carbocycles. The topological polar surface area (TPSA) is 61.8 Å². The minimum Gasteiger partial charge on any atom is -0.493 e. The summed E-state index contributed by atoms with van der Waals surface area (Å²) in [5.74, 6) is -0.242. The Morgan fingerprint density at radius 2 is 1.67 bits per heavy atom. The molecule has 0 spiro atoms. The minimum absolute atomic E-state index is 0.201. The van der Waals surface area contributed by atoms with E-state index in [1.54, 1.807) is 42.5 Å². The minimum atomic E-state index is -0.922. The van der Waals surface area contributed by atoms with Crippen molar-refractivity contribution < 1.29 is 23.8 Å². The predicted octanol–water partition coefficient (Wildman–Crippen LogP) is 3.89. The number of hydrogen-bond acceptors (Lipinski definition) is 5. The summed E-state index contributed by atoms with van der Waals surface area (Å²) in [5.41, 5.74) is 0.670. The number of ketones is 1. The standard InChI is InChI=1S/C18H17BrO5/c1-11(16(20)12-7-9-13(19)10-8-12)24-18(21)14-5-4-6-15(22-2)17(14)23-3/h4-11H,1-3H3/t11-/m0/s1. The molecule has 0 aromatic heterocycles. The smallest absolute Gasteiger partial charge is 0.342 e. The van der Waals surface area contributed by atoms with Gasteiger partial charge in [0.25, 0.3) is 0 Å². The van der Waals surface area contributed by atoms with Crippen molar-refractivity contribution >= 4 is 27.7 Å². The van der Waals surface area contributed by atoms with Crippen LogP contribution in [0.25, 0.3) is 0 Å². The van der Waals surface area contributed by atoms with Gasteiger partial charge in [-0.25, -0.2) is 4.79 Å². The second-order valence-electron chi connectivity index (χ2n) is 4.96. The molecule has 0 amide bonds. The fourth-order valence-electron chi connectivity index (χ4n) is 2.17. The average Bonchev–Trinajstić information content (AvgIpc) is 2.60. The highest BCUT2D eigenvalue weighted by molar-refractivity contribution is 9.10. The third-order valence-corrected chi connectivity index (χ3v) is 3.93. The van der Waals surface area contributed by atoms with Crippen molar-refractivity contribution in [2.45, 2.75) is 13.0 Å². The van der Waals surface area contributed by atoms with Gasteiger partial charge in [-0.15, -0.1) is 0 Å². The predicted molar refractivity (Wildman–Crippen MR) is 92.9 cm³/mol. The normalized spacial score (nSPS) is 11.5. The monoisotopic (exact) mass is 392 g/mol. The number of carbonyl (C=O) groups is 2. The summed E-state index contributed by atoms with van der Waals surface area (Å²) in [4.78, 5) is 24.7. The number of ether oxygens (including phenoxy) is 3. The molecule has 0 bridgehead atoms. The van der Waals surface area contributed by atoms with E-state index in [-0.39, 0.29) is 17.1 Å². The number of Topliss-reactive ketones (excluding diaryl/α,β-unsaturated/α-hetero) is 1. The average molecular weight is 393 g/mol. The molecule has 0 unspecified atom stereocenters. The number of carbonyl (C=O) groups excluding carboxylic acids is 2. The van der Waals surface area contributed by atoms with Crippen LogP contribution in [0.2, 0.25) is 0 Å². The molecule has 5 nitrogen and oxygen atoms in total. The highest BCUT2D eigenvalue weighted by Gasteiger charge is 2.23. The van der Waals surface area contributed by atoms with Gasteiger partial charge in [-0.2, -0.15) is 0 Å². The Labute approximate surface area is 148 Å². The van der Waals surface area contributed by atoms with Gasteiger partial charge >= 0.3 is 5.97 Å². The maximum atomic E-state index is 12.4. The van der Waals surface area contributed by atoms with E-state index in [0.717, 1.165) is 4.47 Å². The fraction of sp³-hybridized carbons (Fsp3) is 0.222. The zero-order valence-corrected chi connectivity index (χ0v) is 15.1. The Bertz CT molecular complexity index is 740. The Morgan fingerprint density at radius 1 is 1.00 bits per heavy atom. The summed E-state index contributed by atoms with van der Waals surface area (Å²) in [6.07, 6.45) is -0.922. The molecule has 6 heteroatoms. The summed E-state index contributed by atoms with van der Waals surface area (Å²) in [7, 11) is 2.91. The molecular weight excluding hydrogens is 376 g/mol. The zero-order valence-electron chi connectivity index (χ0n) is 13.5. The molecule has 1 atom stereocenters. The largest absolute Gasteiger partial charge is 0.493 e. The van der Waals surface area contributed by atoms with Gasteiger partial charge in [-0.05, 0) is 31.2 Å². The van der Waals surface area contributed by atoms with Crippen LogP contribution in [0.3, 0.4) is 0 Å². The van der Waals surface area contributed by atoms with Crippen LogP contribution in [0.15, 0.2) is 46.9 Å². The van der Waals surface area contributed by atoms with Crippen molar-refractivity contribution in [2.24, 2.45) is 0 Å². The van der Waals surface area contributed by atoms with E-state index < -0.39 is 12.1 Å². The molecule has 2 rings (SSSR count). The van der Waals surface area contributed by atoms with Gasteiger partial charge in [0.05, 0.1) is 14.2 Å². The molecule has 126 valence electrons. The first kappa shape index (κ1) is 18.0. The summed E-state index contributed by atoms with van der Waals surface area (Å²) in [6.45, 7) is 1.54. The van der Waals surface area contributed by atoms with Crippen molar-refractivity contribution in [1.82, 2.24) is 0 Å². The van der Waals surface area contributed by atoms with Crippen molar-refractivity contribution in [3.8, 4) is 11.5 Å². The van der Waals surface area contributed by atoms with Crippen LogP contribution in [-0.4, -0.2) is 32.1 Å². The number of methoxy groups -OCH3 is 2. The van der Waals surface area contributed by atoms with Gasteiger partial charge in [0.1, 0.15) is 5.56 Å². The van der Waals surface area contributed by atoms with Crippen LogP contribution in [-0.2, 0) is 4.74 Å². The molecule has 0 aliphatic heterocycles. The lowest BCUT2D eigenvalue weighted by Crippen LogP contribution is -2.24. The van der Waals surface area contributed by atoms with Crippen LogP contribution in [0.4, 0.5) is 0 Å². The lowest BCUT2D eigenvalue weighted by molar-refractivity contribution is 0.0315. The first-order valence-corrected chi connectivity index (χ1v) is 7.99. The molecular formula is C18H17BrO5. The van der Waals surface area contributed by atoms with E-state index in [1.165, 1.54) is 21.1 Å². The highest BCUT2D eigenvalue weighted by atomic mass is 79.9. The van der Waals surface area contributed by atoms with Crippen LogP contribution >= 0.6 is 15.9 Å². The van der Waals surface area contributed by atoms with Gasteiger partial charge in [0.2, 0.25) is 5.78 Å². The van der Waals surface area contributed by atoms with Crippen molar-refractivity contribution in [3.05, 3.63) is 58.1 Å². The third-order valence-electron chi connectivity index (χ3n) is 3.40. The first-order valence-electron chi connectivity index (χ1n) is 7.19. The number of benzene rings is 2. The Morgan fingerprint density at radius 3 is 2.25 bits per heavy atom. The lowest BCUT2D eigenvalue weighted by atomic mass is 10.1. The number of para-hydroxylation sites is 1. The number of rotatable bonds is 6. The molecule has 2 aromatic carbocycles. The number of halogens is 1. The van der Waals surface area contributed by atoms with Gasteiger partial charge in [-0.3, -0.25) is 4.79 Å². The van der Waals surface area contributed by atoms with Crippen LogP contribution in [0, 0.1) is 0 Å². The third kappa shape index (κ3) is 3.94. The number of hydrogen-bond donors (Lipinski definition) is 0. The summed E-state index contributed by atoms with van der Waals surface area (Å²) in [5, 5.41) is 0. The van der Waals surface area contributed by atoms with Crippen molar-refractivity contribution in [3.63, 3.8) is 0 Å². The molecule has 2 aromatic rings. The van der Waals surface area contributed by atoms with Gasteiger partial charge in [0.15, 0.2) is 17.6 Å². The molecule has 0 aliphatic rings. The number of esters is 1. The summed E-state index contributed by atoms with van der Waals surface area (Å²) < 4.78 is 16.5. The Hall–Kier alpha value is -2.34. The highest BCUT2D eigenvalue weighted by Crippen LogP contribution is 2.31. The van der Waals surface area contributed by atoms with E-state index in [1.807, 2.05) is 0 Å². The van der Waals surface area contributed by atoms with Crippen molar-refractivity contribution in [2.75, 3.05) is 14.2 Å². The molecule has 0 heterocycles. The van der Waals surface area contributed by atoms with Gasteiger partial charge in [0, 0.05) is 10.0 Å². The first-order chi connectivity index (χ1) is 11.5. The van der Waals surface area contributed by atoms with Crippen LogP contribution < -0.4 is 9.47 Å². The second-order valence-corrected chi connectivity index (χ2v) is 5.88. The molecule has 0 fully saturated rings.